The first kappa shape index (κ1) is 61.5. The largest absolute Gasteiger partial charge is 0.494 e. The van der Waals surface area contributed by atoms with Crippen molar-refractivity contribution >= 4 is 35.3 Å². The highest BCUT2D eigenvalue weighted by Crippen LogP contribution is 2.26. The van der Waals surface area contributed by atoms with Crippen LogP contribution in [0.15, 0.2) is 180 Å². The lowest BCUT2D eigenvalue weighted by molar-refractivity contribution is 0.0713. The number of nitriles is 1. The Morgan fingerprint density at radius 1 is 0.337 bits per heavy atom. The van der Waals surface area contributed by atoms with E-state index in [4.69, 9.17) is 38.4 Å². The van der Waals surface area contributed by atoms with E-state index in [1.165, 1.54) is 137 Å². The predicted molar refractivity (Wildman–Crippen MR) is 319 cm³/mol. The molecule has 0 N–H and O–H groups in total. The van der Waals surface area contributed by atoms with E-state index >= 15 is 0 Å². The fourth-order valence-corrected chi connectivity index (χ4v) is 8.71. The maximum Gasteiger partial charge on any atom is 0.343 e. The second-order valence-electron chi connectivity index (χ2n) is 20.0. The summed E-state index contributed by atoms with van der Waals surface area (Å²) in [6, 6.07) is 48.2. The van der Waals surface area contributed by atoms with Gasteiger partial charge < -0.3 is 33.2 Å². The van der Waals surface area contributed by atoms with Crippen molar-refractivity contribution in [2.45, 2.75) is 122 Å². The number of nitrogens with zero attached hydrogens (tertiary/aromatic N) is 3. The van der Waals surface area contributed by atoms with Gasteiger partial charge in [-0.1, -0.05) is 109 Å². The van der Waals surface area contributed by atoms with Crippen molar-refractivity contribution in [2.24, 2.45) is 10.2 Å². The number of carbonyl (C=O) groups is 4. The molecule has 14 nitrogen and oxygen atoms in total. The standard InChI is InChI=1S/C69H73N3O11/c1-2-3-4-5-6-7-8-11-14-17-47-77-59-35-25-53(26-36-59)66(73)80-62-39-29-55(30-40-62)68(75)83-65-22-20-21-56(50-65)69(76)82-64-45-43-63(44-46-64)81-67(74)54-27-37-60(38-28-54)78-48-18-15-12-9-10-13-16-19-49-79-61-41-33-58(34-42-61)72-71-57-31-23-52(51-70)24-32-57/h20-46,50H,2-19,47-49H2,1H3. The molecule has 0 aliphatic rings. The van der Waals surface area contributed by atoms with Crippen LogP contribution in [0, 0.1) is 11.3 Å². The van der Waals surface area contributed by atoms with Crippen LogP contribution in [-0.2, 0) is 0 Å². The lowest BCUT2D eigenvalue weighted by Crippen LogP contribution is -2.12. The summed E-state index contributed by atoms with van der Waals surface area (Å²) in [5.74, 6) is 0.542. The molecule has 0 aliphatic heterocycles. The molecule has 7 aromatic rings. The van der Waals surface area contributed by atoms with Gasteiger partial charge in [-0.2, -0.15) is 15.5 Å². The Balaban J connectivity index is 0.713. The number of hydrogen-bond acceptors (Lipinski definition) is 14. The van der Waals surface area contributed by atoms with Crippen LogP contribution in [0.3, 0.4) is 0 Å². The van der Waals surface area contributed by atoms with Crippen LogP contribution in [-0.4, -0.2) is 43.7 Å². The SMILES string of the molecule is CCCCCCCCCCCCOc1ccc(C(=O)Oc2ccc(C(=O)Oc3cccc(C(=O)Oc4ccc(OC(=O)c5ccc(OCCCCCCCCCCOc6ccc(N=Nc7ccc(C#N)cc7)cc6)cc5)cc4)c3)cc2)cc1. The van der Waals surface area contributed by atoms with Crippen molar-refractivity contribution in [3.05, 3.63) is 198 Å². The van der Waals surface area contributed by atoms with Crippen molar-refractivity contribution in [3.63, 3.8) is 0 Å². The quantitative estimate of drug-likeness (QED) is 0.0159. The van der Waals surface area contributed by atoms with Gasteiger partial charge in [0.2, 0.25) is 0 Å². The molecule has 0 saturated heterocycles. The van der Waals surface area contributed by atoms with Gasteiger partial charge in [-0.05, 0) is 183 Å². The molecule has 14 heteroatoms. The normalized spacial score (nSPS) is 10.9. The molecular weight excluding hydrogens is 1050 g/mol. The minimum Gasteiger partial charge on any atom is -0.494 e. The van der Waals surface area contributed by atoms with Crippen LogP contribution in [0.4, 0.5) is 11.4 Å². The lowest BCUT2D eigenvalue weighted by Gasteiger charge is -2.09. The van der Waals surface area contributed by atoms with Gasteiger partial charge in [-0.15, -0.1) is 0 Å². The number of benzene rings is 7. The van der Waals surface area contributed by atoms with Gasteiger partial charge in [0.15, 0.2) is 0 Å². The molecule has 0 saturated carbocycles. The van der Waals surface area contributed by atoms with E-state index in [9.17, 15) is 19.2 Å². The zero-order chi connectivity index (χ0) is 58.1. The topological polar surface area (TPSA) is 181 Å². The predicted octanol–water partition coefficient (Wildman–Crippen LogP) is 17.7. The number of rotatable bonds is 35. The third-order valence-electron chi connectivity index (χ3n) is 13.5. The summed E-state index contributed by atoms with van der Waals surface area (Å²) in [5, 5.41) is 17.4. The molecule has 0 spiro atoms. The Kier molecular flexibility index (Phi) is 25.9. The Hall–Kier alpha value is -9.09. The number of ether oxygens (including phenoxy) is 7. The molecule has 0 radical (unpaired) electrons. The van der Waals surface area contributed by atoms with Crippen LogP contribution in [0.2, 0.25) is 0 Å². The molecule has 0 amide bonds. The van der Waals surface area contributed by atoms with Crippen molar-refractivity contribution < 1.29 is 52.3 Å². The average molecular weight is 1120 g/mol. The summed E-state index contributed by atoms with van der Waals surface area (Å²) in [6.07, 6.45) is 21.4. The molecular formula is C69H73N3O11. The number of carbonyl (C=O) groups excluding carboxylic acids is 4. The minimum absolute atomic E-state index is 0.120. The van der Waals surface area contributed by atoms with Crippen LogP contribution >= 0.6 is 0 Å². The van der Waals surface area contributed by atoms with Crippen LogP contribution < -0.4 is 33.2 Å². The monoisotopic (exact) mass is 1120 g/mol. The smallest absolute Gasteiger partial charge is 0.343 e. The first-order valence-electron chi connectivity index (χ1n) is 29.0. The third-order valence-corrected chi connectivity index (χ3v) is 13.5. The fourth-order valence-electron chi connectivity index (χ4n) is 8.71. The number of hydrogen-bond donors (Lipinski definition) is 0. The van der Waals surface area contributed by atoms with Crippen LogP contribution in [0.25, 0.3) is 0 Å². The number of unbranched alkanes of at least 4 members (excludes halogenated alkanes) is 16. The second kappa shape index (κ2) is 34.9. The molecule has 0 fully saturated rings. The molecule has 0 atom stereocenters. The van der Waals surface area contributed by atoms with Gasteiger partial charge in [0.1, 0.15) is 40.2 Å². The van der Waals surface area contributed by atoms with Gasteiger partial charge in [-0.3, -0.25) is 0 Å². The summed E-state index contributed by atoms with van der Waals surface area (Å²) >= 11 is 0. The molecule has 0 aromatic heterocycles. The molecule has 430 valence electrons. The van der Waals surface area contributed by atoms with Gasteiger partial charge in [0.05, 0.1) is 65.1 Å². The van der Waals surface area contributed by atoms with Gasteiger partial charge in [-0.25, -0.2) is 19.2 Å². The van der Waals surface area contributed by atoms with E-state index in [-0.39, 0.29) is 34.1 Å². The highest BCUT2D eigenvalue weighted by Gasteiger charge is 2.16. The zero-order valence-corrected chi connectivity index (χ0v) is 47.3. The summed E-state index contributed by atoms with van der Waals surface area (Å²) in [7, 11) is 0. The number of esters is 4. The molecule has 7 rings (SSSR count). The Labute approximate surface area is 487 Å². The first-order chi connectivity index (χ1) is 40.7. The molecule has 0 unspecified atom stereocenters. The van der Waals surface area contributed by atoms with Crippen LogP contribution in [0.1, 0.15) is 169 Å². The van der Waals surface area contributed by atoms with Crippen molar-refractivity contribution in [3.8, 4) is 46.3 Å². The zero-order valence-electron chi connectivity index (χ0n) is 47.3. The fraction of sp³-hybridized carbons (Fsp3) is 0.319. The Bertz CT molecular complexity index is 3160. The van der Waals surface area contributed by atoms with Crippen molar-refractivity contribution in [2.75, 3.05) is 19.8 Å². The van der Waals surface area contributed by atoms with E-state index in [0.717, 1.165) is 56.4 Å². The van der Waals surface area contributed by atoms with Crippen LogP contribution in [0.5, 0.6) is 40.2 Å². The molecule has 0 aliphatic carbocycles. The van der Waals surface area contributed by atoms with E-state index in [0.29, 0.717) is 53.7 Å². The van der Waals surface area contributed by atoms with Gasteiger partial charge in [0.25, 0.3) is 0 Å². The summed E-state index contributed by atoms with van der Waals surface area (Å²) in [5.41, 5.74) is 3.06. The van der Waals surface area contributed by atoms with Gasteiger partial charge in [0, 0.05) is 0 Å². The third kappa shape index (κ3) is 22.4. The summed E-state index contributed by atoms with van der Waals surface area (Å²) in [6.45, 7) is 4.13. The van der Waals surface area contributed by atoms with Crippen molar-refractivity contribution in [1.82, 2.24) is 0 Å². The molecule has 0 heterocycles. The Morgan fingerprint density at radius 2 is 0.639 bits per heavy atom. The second-order valence-corrected chi connectivity index (χ2v) is 20.0. The van der Waals surface area contributed by atoms with Gasteiger partial charge >= 0.3 is 23.9 Å². The molecule has 0 bridgehead atoms. The summed E-state index contributed by atoms with van der Waals surface area (Å²) < 4.78 is 39.9. The highest BCUT2D eigenvalue weighted by molar-refractivity contribution is 5.94. The minimum atomic E-state index is -0.693. The lowest BCUT2D eigenvalue weighted by atomic mass is 10.1. The number of azo groups is 1. The summed E-state index contributed by atoms with van der Waals surface area (Å²) in [4.78, 5) is 51.9. The van der Waals surface area contributed by atoms with E-state index in [1.54, 1.807) is 78.9 Å². The average Bonchev–Trinajstić information content (AvgIpc) is 3.52. The van der Waals surface area contributed by atoms with E-state index in [1.807, 2.05) is 24.3 Å². The van der Waals surface area contributed by atoms with E-state index in [2.05, 4.69) is 23.2 Å². The van der Waals surface area contributed by atoms with E-state index < -0.39 is 23.9 Å². The van der Waals surface area contributed by atoms with Crippen molar-refractivity contribution in [1.29, 1.82) is 5.26 Å². The maximum absolute atomic E-state index is 13.1. The Morgan fingerprint density at radius 3 is 1.01 bits per heavy atom. The maximum atomic E-state index is 13.1. The highest BCUT2D eigenvalue weighted by atomic mass is 16.6. The molecule has 7 aromatic carbocycles. The first-order valence-corrected chi connectivity index (χ1v) is 29.0. The molecule has 83 heavy (non-hydrogen) atoms.